The average molecular weight is 250 g/mol. The largest absolute Gasteiger partial charge is 0.390 e. The number of carbonyl (C=O) groups excluding carboxylic acids is 1. The minimum Gasteiger partial charge on any atom is -0.390 e. The molecule has 1 amide bonds. The van der Waals surface area contributed by atoms with Crippen LogP contribution in [0.4, 0.5) is 0 Å². The highest BCUT2D eigenvalue weighted by atomic mass is 16.3. The van der Waals surface area contributed by atoms with Crippen LogP contribution >= 0.6 is 0 Å². The van der Waals surface area contributed by atoms with Gasteiger partial charge in [-0.05, 0) is 38.8 Å². The Morgan fingerprint density at radius 2 is 2.28 bits per heavy atom. The lowest BCUT2D eigenvalue weighted by atomic mass is 9.90. The van der Waals surface area contributed by atoms with E-state index in [1.807, 2.05) is 30.9 Å². The number of aromatic nitrogens is 1. The van der Waals surface area contributed by atoms with E-state index in [9.17, 15) is 9.90 Å². The van der Waals surface area contributed by atoms with Crippen LogP contribution in [0, 0.1) is 5.92 Å². The molecule has 2 heterocycles. The highest BCUT2D eigenvalue weighted by molar-refractivity contribution is 5.92. The molecular weight excluding hydrogens is 228 g/mol. The third-order valence-electron chi connectivity index (χ3n) is 3.83. The monoisotopic (exact) mass is 250 g/mol. The number of H-pyrrole nitrogens is 1. The van der Waals surface area contributed by atoms with Gasteiger partial charge in [0.05, 0.1) is 5.60 Å². The third kappa shape index (κ3) is 2.58. The van der Waals surface area contributed by atoms with E-state index < -0.39 is 5.60 Å². The SMILES string of the molecule is CCc1ccc(C(=O)N2CCC(C(C)(C)O)C2)[nH]1. The number of carbonyl (C=O) groups is 1. The zero-order chi connectivity index (χ0) is 13.3. The molecule has 18 heavy (non-hydrogen) atoms. The third-order valence-corrected chi connectivity index (χ3v) is 3.83. The maximum atomic E-state index is 12.3. The van der Waals surface area contributed by atoms with Crippen molar-refractivity contribution in [3.8, 4) is 0 Å². The standard InChI is InChI=1S/C14H22N2O2/c1-4-11-5-6-12(15-11)13(17)16-8-7-10(9-16)14(2,3)18/h5-6,10,15,18H,4,7-9H2,1-3H3. The van der Waals surface area contributed by atoms with Crippen molar-refractivity contribution in [1.29, 1.82) is 0 Å². The summed E-state index contributed by atoms with van der Waals surface area (Å²) >= 11 is 0. The number of aliphatic hydroxyl groups is 1. The van der Waals surface area contributed by atoms with Crippen molar-refractivity contribution in [3.05, 3.63) is 23.5 Å². The molecule has 1 aromatic rings. The summed E-state index contributed by atoms with van der Waals surface area (Å²) in [5, 5.41) is 9.98. The lowest BCUT2D eigenvalue weighted by Gasteiger charge is -2.25. The van der Waals surface area contributed by atoms with Crippen molar-refractivity contribution in [2.45, 2.75) is 39.2 Å². The number of hydrogen-bond acceptors (Lipinski definition) is 2. The van der Waals surface area contributed by atoms with Crippen LogP contribution in [0.2, 0.25) is 0 Å². The molecule has 2 rings (SSSR count). The number of likely N-dealkylation sites (tertiary alicyclic amines) is 1. The summed E-state index contributed by atoms with van der Waals surface area (Å²) in [6.45, 7) is 7.06. The van der Waals surface area contributed by atoms with Crippen molar-refractivity contribution in [3.63, 3.8) is 0 Å². The number of nitrogens with one attached hydrogen (secondary N) is 1. The maximum Gasteiger partial charge on any atom is 0.270 e. The van der Waals surface area contributed by atoms with Crippen molar-refractivity contribution >= 4 is 5.91 Å². The Kier molecular flexibility index (Phi) is 3.48. The molecule has 4 nitrogen and oxygen atoms in total. The van der Waals surface area contributed by atoms with Gasteiger partial charge in [-0.1, -0.05) is 6.92 Å². The molecule has 0 spiro atoms. The fourth-order valence-corrected chi connectivity index (χ4v) is 2.46. The summed E-state index contributed by atoms with van der Waals surface area (Å²) in [5.74, 6) is 0.212. The Morgan fingerprint density at radius 1 is 1.56 bits per heavy atom. The minimum absolute atomic E-state index is 0.0430. The van der Waals surface area contributed by atoms with E-state index in [1.54, 1.807) is 0 Å². The van der Waals surface area contributed by atoms with Crippen molar-refractivity contribution in [1.82, 2.24) is 9.88 Å². The Morgan fingerprint density at radius 3 is 2.78 bits per heavy atom. The first-order valence-corrected chi connectivity index (χ1v) is 6.61. The topological polar surface area (TPSA) is 56.3 Å². The fraction of sp³-hybridized carbons (Fsp3) is 0.643. The number of hydrogen-bond donors (Lipinski definition) is 2. The average Bonchev–Trinajstić information content (AvgIpc) is 2.96. The Balaban J connectivity index is 2.03. The van der Waals surface area contributed by atoms with Crippen LogP contribution in [-0.2, 0) is 6.42 Å². The molecule has 2 N–H and O–H groups in total. The highest BCUT2D eigenvalue weighted by Crippen LogP contribution is 2.27. The Bertz CT molecular complexity index is 431. The molecule has 100 valence electrons. The normalized spacial score (nSPS) is 20.4. The molecule has 1 aliphatic rings. The Hall–Kier alpha value is -1.29. The van der Waals surface area contributed by atoms with Crippen LogP contribution in [0.15, 0.2) is 12.1 Å². The van der Waals surface area contributed by atoms with Gasteiger partial charge in [0.1, 0.15) is 5.69 Å². The number of aryl methyl sites for hydroxylation is 1. The van der Waals surface area contributed by atoms with Crippen LogP contribution < -0.4 is 0 Å². The highest BCUT2D eigenvalue weighted by Gasteiger charge is 2.35. The van der Waals surface area contributed by atoms with Crippen molar-refractivity contribution in [2.24, 2.45) is 5.92 Å². The van der Waals surface area contributed by atoms with E-state index in [0.29, 0.717) is 12.2 Å². The van der Waals surface area contributed by atoms with Gasteiger partial charge in [-0.15, -0.1) is 0 Å². The van der Waals surface area contributed by atoms with Crippen molar-refractivity contribution in [2.75, 3.05) is 13.1 Å². The van der Waals surface area contributed by atoms with Crippen LogP contribution in [0.3, 0.4) is 0 Å². The first-order chi connectivity index (χ1) is 8.41. The summed E-state index contributed by atoms with van der Waals surface area (Å²) in [6, 6.07) is 3.80. The van der Waals surface area contributed by atoms with Crippen LogP contribution in [0.25, 0.3) is 0 Å². The lowest BCUT2D eigenvalue weighted by Crippen LogP contribution is -2.35. The van der Waals surface area contributed by atoms with Gasteiger partial charge in [0.15, 0.2) is 0 Å². The maximum absolute atomic E-state index is 12.3. The molecular formula is C14H22N2O2. The second-order valence-electron chi connectivity index (χ2n) is 5.64. The number of rotatable bonds is 3. The molecule has 0 bridgehead atoms. The summed E-state index contributed by atoms with van der Waals surface area (Å²) in [5.41, 5.74) is 1.03. The van der Waals surface area contributed by atoms with Gasteiger partial charge in [-0.25, -0.2) is 0 Å². The van der Waals surface area contributed by atoms with Gasteiger partial charge in [0.25, 0.3) is 5.91 Å². The molecule has 1 unspecified atom stereocenters. The molecule has 4 heteroatoms. The lowest BCUT2D eigenvalue weighted by molar-refractivity contribution is 0.0211. The fourth-order valence-electron chi connectivity index (χ4n) is 2.46. The molecule has 0 saturated carbocycles. The van der Waals surface area contributed by atoms with Crippen molar-refractivity contribution < 1.29 is 9.90 Å². The summed E-state index contributed by atoms with van der Waals surface area (Å²) in [4.78, 5) is 17.2. The Labute approximate surface area is 108 Å². The van der Waals surface area contributed by atoms with Gasteiger partial charge in [-0.3, -0.25) is 4.79 Å². The quantitative estimate of drug-likeness (QED) is 0.859. The molecule has 0 aromatic carbocycles. The smallest absolute Gasteiger partial charge is 0.270 e. The molecule has 1 aromatic heterocycles. The molecule has 1 fully saturated rings. The van der Waals surface area contributed by atoms with E-state index in [0.717, 1.165) is 25.1 Å². The zero-order valence-corrected chi connectivity index (χ0v) is 11.4. The molecule has 1 atom stereocenters. The van der Waals surface area contributed by atoms with E-state index >= 15 is 0 Å². The summed E-state index contributed by atoms with van der Waals surface area (Å²) in [6.07, 6.45) is 1.77. The zero-order valence-electron chi connectivity index (χ0n) is 11.4. The van der Waals surface area contributed by atoms with Gasteiger partial charge < -0.3 is 15.0 Å². The van der Waals surface area contributed by atoms with Crippen LogP contribution in [0.1, 0.15) is 43.4 Å². The van der Waals surface area contributed by atoms with Gasteiger partial charge >= 0.3 is 0 Å². The molecule has 1 saturated heterocycles. The second-order valence-corrected chi connectivity index (χ2v) is 5.64. The second kappa shape index (κ2) is 4.76. The number of amides is 1. The van der Waals surface area contributed by atoms with E-state index in [1.165, 1.54) is 0 Å². The number of aromatic amines is 1. The molecule has 1 aliphatic heterocycles. The van der Waals surface area contributed by atoms with E-state index in [4.69, 9.17) is 0 Å². The van der Waals surface area contributed by atoms with Crippen LogP contribution in [-0.4, -0.2) is 39.6 Å². The summed E-state index contributed by atoms with van der Waals surface area (Å²) in [7, 11) is 0. The predicted molar refractivity (Wildman–Crippen MR) is 70.5 cm³/mol. The van der Waals surface area contributed by atoms with E-state index in [2.05, 4.69) is 11.9 Å². The van der Waals surface area contributed by atoms with Gasteiger partial charge in [0.2, 0.25) is 0 Å². The van der Waals surface area contributed by atoms with Crippen LogP contribution in [0.5, 0.6) is 0 Å². The summed E-state index contributed by atoms with van der Waals surface area (Å²) < 4.78 is 0. The number of nitrogens with zero attached hydrogens (tertiary/aromatic N) is 1. The molecule has 0 radical (unpaired) electrons. The van der Waals surface area contributed by atoms with Gasteiger partial charge in [-0.2, -0.15) is 0 Å². The first-order valence-electron chi connectivity index (χ1n) is 6.61. The first kappa shape index (κ1) is 13.1. The predicted octanol–water partition coefficient (Wildman–Crippen LogP) is 1.81. The molecule has 0 aliphatic carbocycles. The van der Waals surface area contributed by atoms with E-state index in [-0.39, 0.29) is 11.8 Å². The van der Waals surface area contributed by atoms with Gasteiger partial charge in [0, 0.05) is 24.7 Å². The minimum atomic E-state index is -0.709.